The van der Waals surface area contributed by atoms with Crippen molar-refractivity contribution in [1.82, 2.24) is 0 Å². The molecule has 0 aromatic heterocycles. The molecule has 0 aliphatic carbocycles. The number of anilines is 1. The highest BCUT2D eigenvalue weighted by Gasteiger charge is 2.12. The van der Waals surface area contributed by atoms with Crippen LogP contribution in [0.2, 0.25) is 0 Å². The molecule has 0 atom stereocenters. The summed E-state index contributed by atoms with van der Waals surface area (Å²) in [5.74, 6) is -0.664. The molecular formula is C8H9NO3S. The van der Waals surface area contributed by atoms with Gasteiger partial charge in [0.1, 0.15) is 5.75 Å². The smallest absolute Gasteiger partial charge is 0.337 e. The molecular weight excluding hydrogens is 190 g/mol. The summed E-state index contributed by atoms with van der Waals surface area (Å²) in [6.07, 6.45) is 0. The highest BCUT2D eigenvalue weighted by atomic mass is 32.1. The van der Waals surface area contributed by atoms with E-state index in [9.17, 15) is 4.79 Å². The first kappa shape index (κ1) is 9.73. The minimum atomic E-state index is -1.07. The van der Waals surface area contributed by atoms with Crippen LogP contribution in [0.15, 0.2) is 17.0 Å². The third-order valence-electron chi connectivity index (χ3n) is 1.58. The SMILES string of the molecule is COc1cc(N)c(S)c(C(=O)O)c1. The van der Waals surface area contributed by atoms with Crippen LogP contribution >= 0.6 is 12.6 Å². The third kappa shape index (κ3) is 1.86. The van der Waals surface area contributed by atoms with Crippen molar-refractivity contribution in [2.45, 2.75) is 4.90 Å². The first-order chi connectivity index (χ1) is 6.06. The number of methoxy groups -OCH3 is 1. The van der Waals surface area contributed by atoms with E-state index >= 15 is 0 Å². The summed E-state index contributed by atoms with van der Waals surface area (Å²) in [5.41, 5.74) is 5.85. The maximum absolute atomic E-state index is 10.7. The van der Waals surface area contributed by atoms with Gasteiger partial charge in [-0.05, 0) is 6.07 Å². The molecule has 1 aromatic carbocycles. The lowest BCUT2D eigenvalue weighted by atomic mass is 10.2. The fraction of sp³-hybridized carbons (Fsp3) is 0.125. The van der Waals surface area contributed by atoms with Gasteiger partial charge in [-0.25, -0.2) is 4.79 Å². The van der Waals surface area contributed by atoms with Crippen molar-refractivity contribution in [2.75, 3.05) is 12.8 Å². The largest absolute Gasteiger partial charge is 0.497 e. The molecule has 1 rings (SSSR count). The van der Waals surface area contributed by atoms with E-state index in [1.165, 1.54) is 19.2 Å². The van der Waals surface area contributed by atoms with Crippen molar-refractivity contribution in [2.24, 2.45) is 0 Å². The zero-order valence-corrected chi connectivity index (χ0v) is 7.84. The first-order valence-corrected chi connectivity index (χ1v) is 3.90. The van der Waals surface area contributed by atoms with E-state index in [0.29, 0.717) is 11.4 Å². The molecule has 0 heterocycles. The zero-order chi connectivity index (χ0) is 10.0. The fourth-order valence-corrected chi connectivity index (χ4v) is 1.14. The van der Waals surface area contributed by atoms with E-state index in [4.69, 9.17) is 15.6 Å². The van der Waals surface area contributed by atoms with Crippen LogP contribution in [0.25, 0.3) is 0 Å². The van der Waals surface area contributed by atoms with E-state index in [1.54, 1.807) is 0 Å². The van der Waals surface area contributed by atoms with Gasteiger partial charge in [0.05, 0.1) is 12.7 Å². The van der Waals surface area contributed by atoms with Crippen LogP contribution in [0.4, 0.5) is 5.69 Å². The minimum Gasteiger partial charge on any atom is -0.497 e. The number of aromatic carboxylic acids is 1. The Labute approximate surface area is 80.7 Å². The Balaban J connectivity index is 3.33. The second-order valence-corrected chi connectivity index (χ2v) is 2.87. The molecule has 13 heavy (non-hydrogen) atoms. The van der Waals surface area contributed by atoms with Crippen molar-refractivity contribution < 1.29 is 14.6 Å². The molecule has 1 aromatic rings. The van der Waals surface area contributed by atoms with Crippen LogP contribution < -0.4 is 10.5 Å². The fourth-order valence-electron chi connectivity index (χ4n) is 0.910. The molecule has 3 N–H and O–H groups in total. The molecule has 0 fully saturated rings. The van der Waals surface area contributed by atoms with Crippen molar-refractivity contribution in [1.29, 1.82) is 0 Å². The summed E-state index contributed by atoms with van der Waals surface area (Å²) in [6.45, 7) is 0. The van der Waals surface area contributed by atoms with Crippen LogP contribution in [-0.2, 0) is 0 Å². The Kier molecular flexibility index (Phi) is 2.67. The van der Waals surface area contributed by atoms with Gasteiger partial charge in [0.15, 0.2) is 0 Å². The van der Waals surface area contributed by atoms with Gasteiger partial charge in [0.2, 0.25) is 0 Å². The summed E-state index contributed by atoms with van der Waals surface area (Å²) in [6, 6.07) is 2.90. The quantitative estimate of drug-likeness (QED) is 0.495. The van der Waals surface area contributed by atoms with E-state index in [2.05, 4.69) is 12.6 Å². The van der Waals surface area contributed by atoms with Crippen LogP contribution in [0.5, 0.6) is 5.75 Å². The average Bonchev–Trinajstić information content (AvgIpc) is 2.09. The summed E-state index contributed by atoms with van der Waals surface area (Å²) in [7, 11) is 1.44. The van der Waals surface area contributed by atoms with Crippen LogP contribution in [0.3, 0.4) is 0 Å². The maximum atomic E-state index is 10.7. The van der Waals surface area contributed by atoms with Gasteiger partial charge < -0.3 is 15.6 Å². The second-order valence-electron chi connectivity index (χ2n) is 2.42. The van der Waals surface area contributed by atoms with Crippen LogP contribution in [-0.4, -0.2) is 18.2 Å². The normalized spacial score (nSPS) is 9.69. The Morgan fingerprint density at radius 3 is 2.69 bits per heavy atom. The third-order valence-corrected chi connectivity index (χ3v) is 2.08. The van der Waals surface area contributed by atoms with Gasteiger partial charge in [0.25, 0.3) is 0 Å². The molecule has 0 aliphatic rings. The zero-order valence-electron chi connectivity index (χ0n) is 6.94. The molecule has 0 radical (unpaired) electrons. The van der Waals surface area contributed by atoms with Crippen molar-refractivity contribution in [3.8, 4) is 5.75 Å². The summed E-state index contributed by atoms with van der Waals surface area (Å²) in [4.78, 5) is 10.9. The average molecular weight is 199 g/mol. The van der Waals surface area contributed by atoms with Crippen LogP contribution in [0, 0.1) is 0 Å². The Morgan fingerprint density at radius 2 is 2.23 bits per heavy atom. The molecule has 0 spiro atoms. The predicted octanol–water partition coefficient (Wildman–Crippen LogP) is 1.26. The van der Waals surface area contributed by atoms with Gasteiger partial charge in [-0.3, -0.25) is 0 Å². The van der Waals surface area contributed by atoms with Crippen LogP contribution in [0.1, 0.15) is 10.4 Å². The second kappa shape index (κ2) is 3.57. The molecule has 0 aliphatic heterocycles. The molecule has 0 saturated heterocycles. The predicted molar refractivity (Wildman–Crippen MR) is 51.6 cm³/mol. The van der Waals surface area contributed by atoms with E-state index in [-0.39, 0.29) is 10.5 Å². The number of carboxylic acids is 1. The first-order valence-electron chi connectivity index (χ1n) is 3.46. The molecule has 5 heteroatoms. The number of hydrogen-bond donors (Lipinski definition) is 3. The van der Waals surface area contributed by atoms with Gasteiger partial charge in [-0.2, -0.15) is 0 Å². The molecule has 4 nitrogen and oxygen atoms in total. The number of thiol groups is 1. The Morgan fingerprint density at radius 1 is 1.62 bits per heavy atom. The topological polar surface area (TPSA) is 72.5 Å². The number of benzene rings is 1. The summed E-state index contributed by atoms with van der Waals surface area (Å²) < 4.78 is 4.86. The van der Waals surface area contributed by atoms with Gasteiger partial charge in [-0.1, -0.05) is 0 Å². The monoisotopic (exact) mass is 199 g/mol. The molecule has 0 saturated carbocycles. The van der Waals surface area contributed by atoms with E-state index in [1.807, 2.05) is 0 Å². The summed E-state index contributed by atoms with van der Waals surface area (Å²) in [5, 5.41) is 8.75. The highest BCUT2D eigenvalue weighted by molar-refractivity contribution is 7.80. The number of carboxylic acid groups (broad SMARTS) is 1. The lowest BCUT2D eigenvalue weighted by molar-refractivity contribution is 0.0693. The number of hydrogen-bond acceptors (Lipinski definition) is 4. The van der Waals surface area contributed by atoms with E-state index < -0.39 is 5.97 Å². The molecule has 0 amide bonds. The van der Waals surface area contributed by atoms with Gasteiger partial charge in [0, 0.05) is 16.6 Å². The van der Waals surface area contributed by atoms with Crippen molar-refractivity contribution in [3.05, 3.63) is 17.7 Å². The highest BCUT2D eigenvalue weighted by Crippen LogP contribution is 2.27. The standard InChI is InChI=1S/C8H9NO3S/c1-12-4-2-5(8(10)11)7(13)6(9)3-4/h2-3,13H,9H2,1H3,(H,10,11). The number of nitrogen functional groups attached to an aromatic ring is 1. The minimum absolute atomic E-state index is 0.0418. The Bertz CT molecular complexity index is 351. The molecule has 0 unspecified atom stereocenters. The lowest BCUT2D eigenvalue weighted by Crippen LogP contribution is -2.01. The summed E-state index contributed by atoms with van der Waals surface area (Å²) >= 11 is 3.98. The number of nitrogens with two attached hydrogens (primary N) is 1. The van der Waals surface area contributed by atoms with Crippen molar-refractivity contribution in [3.63, 3.8) is 0 Å². The number of rotatable bonds is 2. The van der Waals surface area contributed by atoms with E-state index in [0.717, 1.165) is 0 Å². The number of carbonyl (C=O) groups is 1. The van der Waals surface area contributed by atoms with Gasteiger partial charge >= 0.3 is 5.97 Å². The number of ether oxygens (including phenoxy) is 1. The van der Waals surface area contributed by atoms with Crippen molar-refractivity contribution >= 4 is 24.3 Å². The Hall–Kier alpha value is -1.36. The lowest BCUT2D eigenvalue weighted by Gasteiger charge is -2.06. The molecule has 0 bridgehead atoms. The van der Waals surface area contributed by atoms with Gasteiger partial charge in [-0.15, -0.1) is 12.6 Å². The molecule has 70 valence electrons. The maximum Gasteiger partial charge on any atom is 0.337 e.